The van der Waals surface area contributed by atoms with E-state index in [9.17, 15) is 0 Å². The molecule has 27 heavy (non-hydrogen) atoms. The van der Waals surface area contributed by atoms with Crippen LogP contribution in [0.15, 0.2) is 30.5 Å². The summed E-state index contributed by atoms with van der Waals surface area (Å²) < 4.78 is 31.5. The first-order chi connectivity index (χ1) is 12.7. The van der Waals surface area contributed by atoms with Crippen LogP contribution in [-0.2, 0) is 25.8 Å². The maximum Gasteiger partial charge on any atom is 0.495 e. The van der Waals surface area contributed by atoms with E-state index in [0.29, 0.717) is 24.8 Å². The Morgan fingerprint density at radius 3 is 2.33 bits per heavy atom. The summed E-state index contributed by atoms with van der Waals surface area (Å²) in [5, 5.41) is 4.25. The van der Waals surface area contributed by atoms with Crippen molar-refractivity contribution in [1.82, 2.24) is 9.78 Å². The van der Waals surface area contributed by atoms with Crippen molar-refractivity contribution in [2.75, 3.05) is 13.2 Å². The Bertz CT molecular complexity index is 813. The summed E-state index contributed by atoms with van der Waals surface area (Å²) in [6.45, 7) is 9.25. The molecule has 0 N–H and O–H groups in total. The summed E-state index contributed by atoms with van der Waals surface area (Å²) in [6.07, 6.45) is 1.37. The molecular weight excluding hydrogens is 347 g/mol. The van der Waals surface area contributed by atoms with Gasteiger partial charge in [-0.1, -0.05) is 6.07 Å². The molecule has 0 aliphatic carbocycles. The van der Waals surface area contributed by atoms with E-state index in [2.05, 4.69) is 5.10 Å². The van der Waals surface area contributed by atoms with Gasteiger partial charge in [-0.2, -0.15) is 0 Å². The van der Waals surface area contributed by atoms with Crippen LogP contribution in [0.4, 0.5) is 0 Å². The lowest BCUT2D eigenvalue weighted by Crippen LogP contribution is -2.41. The van der Waals surface area contributed by atoms with E-state index in [0.717, 1.165) is 11.0 Å². The first-order valence-corrected chi connectivity index (χ1v) is 9.15. The Kier molecular flexibility index (Phi) is 4.54. The van der Waals surface area contributed by atoms with Gasteiger partial charge in [0.2, 0.25) is 5.88 Å². The maximum absolute atomic E-state index is 6.22. The quantitative estimate of drug-likeness (QED) is 0.769. The second-order valence-electron chi connectivity index (χ2n) is 7.88. The molecule has 0 spiro atoms. The van der Waals surface area contributed by atoms with Gasteiger partial charge in [-0.3, -0.25) is 4.68 Å². The van der Waals surface area contributed by atoms with E-state index in [1.165, 1.54) is 0 Å². The van der Waals surface area contributed by atoms with E-state index < -0.39 is 24.6 Å². The van der Waals surface area contributed by atoms with E-state index in [1.54, 1.807) is 4.68 Å². The number of hydrogen-bond acceptors (Lipinski definition) is 6. The molecular formula is C19H25BN2O5. The van der Waals surface area contributed by atoms with Gasteiger partial charge in [-0.25, -0.2) is 0 Å². The van der Waals surface area contributed by atoms with Crippen molar-refractivity contribution in [2.45, 2.75) is 45.2 Å². The number of hydrogen-bond donors (Lipinski definition) is 0. The molecule has 0 radical (unpaired) electrons. The summed E-state index contributed by atoms with van der Waals surface area (Å²) in [5.41, 5.74) is 0.888. The lowest BCUT2D eigenvalue weighted by molar-refractivity contribution is -0.0436. The molecule has 7 nitrogen and oxygen atoms in total. The lowest BCUT2D eigenvalue weighted by Gasteiger charge is -2.32. The molecule has 2 aliphatic heterocycles. The van der Waals surface area contributed by atoms with Crippen molar-refractivity contribution in [3.8, 4) is 11.6 Å². The monoisotopic (exact) mass is 372 g/mol. The molecule has 2 fully saturated rings. The largest absolute Gasteiger partial charge is 0.495 e. The van der Waals surface area contributed by atoms with Crippen LogP contribution in [0.5, 0.6) is 11.6 Å². The minimum atomic E-state index is -0.498. The molecule has 2 saturated heterocycles. The molecule has 2 aromatic rings. The molecule has 2 aliphatic rings. The summed E-state index contributed by atoms with van der Waals surface area (Å²) in [4.78, 5) is 0. The Balaban J connectivity index is 1.67. The zero-order chi connectivity index (χ0) is 19.2. The summed E-state index contributed by atoms with van der Waals surface area (Å²) >= 11 is 0. The van der Waals surface area contributed by atoms with Crippen molar-refractivity contribution in [3.63, 3.8) is 0 Å². The topological polar surface area (TPSA) is 64.0 Å². The Morgan fingerprint density at radius 1 is 1.07 bits per heavy atom. The fourth-order valence-electron chi connectivity index (χ4n) is 3.11. The molecule has 4 rings (SSSR count). The Labute approximate surface area is 159 Å². The van der Waals surface area contributed by atoms with Crippen LogP contribution in [0.1, 0.15) is 39.5 Å². The predicted molar refractivity (Wildman–Crippen MR) is 100 cm³/mol. The van der Waals surface area contributed by atoms with Crippen LogP contribution in [-0.4, -0.2) is 41.3 Å². The van der Waals surface area contributed by atoms with Crippen LogP contribution in [0, 0.1) is 0 Å². The van der Waals surface area contributed by atoms with E-state index in [-0.39, 0.29) is 0 Å². The minimum absolute atomic E-state index is 0.421. The fraction of sp³-hybridized carbons (Fsp3) is 0.526. The van der Waals surface area contributed by atoms with Crippen LogP contribution in [0.2, 0.25) is 0 Å². The van der Waals surface area contributed by atoms with Crippen LogP contribution in [0.25, 0.3) is 0 Å². The predicted octanol–water partition coefficient (Wildman–Crippen LogP) is 2.56. The molecule has 0 atom stereocenters. The number of nitrogens with zero attached hydrogens (tertiary/aromatic N) is 2. The molecule has 8 heteroatoms. The van der Waals surface area contributed by atoms with Gasteiger partial charge in [0.05, 0.1) is 24.4 Å². The van der Waals surface area contributed by atoms with Crippen LogP contribution >= 0.6 is 0 Å². The molecule has 0 unspecified atom stereocenters. The highest BCUT2D eigenvalue weighted by Crippen LogP contribution is 2.38. The van der Waals surface area contributed by atoms with E-state index >= 15 is 0 Å². The van der Waals surface area contributed by atoms with Crippen molar-refractivity contribution in [3.05, 3.63) is 36.0 Å². The molecule has 144 valence electrons. The van der Waals surface area contributed by atoms with Gasteiger partial charge in [0.25, 0.3) is 0 Å². The second-order valence-corrected chi connectivity index (χ2v) is 7.88. The van der Waals surface area contributed by atoms with Crippen LogP contribution < -0.4 is 10.2 Å². The Morgan fingerprint density at radius 2 is 1.74 bits per heavy atom. The third-order valence-electron chi connectivity index (χ3n) is 5.35. The SMILES string of the molecule is Cn1ccc(Oc2ccc(B3OC(C)(C)C(C)(C)O3)c(C3OCCO3)c2)n1. The van der Waals surface area contributed by atoms with Crippen molar-refractivity contribution >= 4 is 12.6 Å². The van der Waals surface area contributed by atoms with Gasteiger partial charge in [0.15, 0.2) is 6.29 Å². The number of aromatic nitrogens is 2. The fourth-order valence-corrected chi connectivity index (χ4v) is 3.11. The second kappa shape index (κ2) is 6.63. The molecule has 3 heterocycles. The third kappa shape index (κ3) is 3.50. The first-order valence-electron chi connectivity index (χ1n) is 9.15. The Hall–Kier alpha value is -1.87. The molecule has 0 saturated carbocycles. The van der Waals surface area contributed by atoms with Crippen LogP contribution in [0.3, 0.4) is 0 Å². The number of ether oxygens (including phenoxy) is 3. The zero-order valence-corrected chi connectivity index (χ0v) is 16.4. The van der Waals surface area contributed by atoms with Gasteiger partial charge in [-0.15, -0.1) is 5.10 Å². The zero-order valence-electron chi connectivity index (χ0n) is 16.4. The summed E-state index contributed by atoms with van der Waals surface area (Å²) in [6, 6.07) is 7.55. The van der Waals surface area contributed by atoms with Crippen molar-refractivity contribution < 1.29 is 23.5 Å². The summed E-state index contributed by atoms with van der Waals surface area (Å²) in [7, 11) is 1.35. The minimum Gasteiger partial charge on any atom is -0.438 e. The van der Waals surface area contributed by atoms with E-state index in [4.69, 9.17) is 23.5 Å². The summed E-state index contributed by atoms with van der Waals surface area (Å²) in [5.74, 6) is 1.18. The standard InChI is InChI=1S/C19H25BN2O5/c1-18(2)19(3,4)27-20(26-18)15-7-6-13(25-16-8-9-22(5)21-16)12-14(15)17-23-10-11-24-17/h6-9,12,17H,10-11H2,1-5H3. The van der Waals surface area contributed by atoms with E-state index in [1.807, 2.05) is 65.2 Å². The van der Waals surface area contributed by atoms with Gasteiger partial charge < -0.3 is 23.5 Å². The molecule has 1 aromatic carbocycles. The molecule has 0 bridgehead atoms. The first kappa shape index (κ1) is 18.5. The number of benzene rings is 1. The normalized spacial score (nSPS) is 21.7. The average molecular weight is 372 g/mol. The number of rotatable bonds is 4. The smallest absolute Gasteiger partial charge is 0.438 e. The van der Waals surface area contributed by atoms with Gasteiger partial charge in [0, 0.05) is 24.9 Å². The van der Waals surface area contributed by atoms with Crippen molar-refractivity contribution in [2.24, 2.45) is 7.05 Å². The average Bonchev–Trinajstić information content (AvgIpc) is 3.29. The highest BCUT2D eigenvalue weighted by Gasteiger charge is 2.52. The van der Waals surface area contributed by atoms with Gasteiger partial charge in [-0.05, 0) is 45.3 Å². The molecule has 0 amide bonds. The maximum atomic E-state index is 6.22. The van der Waals surface area contributed by atoms with Gasteiger partial charge in [0.1, 0.15) is 5.75 Å². The lowest BCUT2D eigenvalue weighted by atomic mass is 9.75. The third-order valence-corrected chi connectivity index (χ3v) is 5.35. The van der Waals surface area contributed by atoms with Crippen molar-refractivity contribution in [1.29, 1.82) is 0 Å². The molecule has 1 aromatic heterocycles. The highest BCUT2D eigenvalue weighted by molar-refractivity contribution is 6.62. The number of aryl methyl sites for hydroxylation is 1. The highest BCUT2D eigenvalue weighted by atomic mass is 16.7. The van der Waals surface area contributed by atoms with Gasteiger partial charge >= 0.3 is 7.12 Å².